The van der Waals surface area contributed by atoms with E-state index in [-0.39, 0.29) is 12.4 Å². The second-order valence-corrected chi connectivity index (χ2v) is 6.87. The van der Waals surface area contributed by atoms with Gasteiger partial charge in [0.05, 0.1) is 17.8 Å². The predicted molar refractivity (Wildman–Crippen MR) is 112 cm³/mol. The lowest BCUT2D eigenvalue weighted by Gasteiger charge is -2.13. The van der Waals surface area contributed by atoms with Crippen LogP contribution in [0.4, 0.5) is 10.1 Å². The minimum atomic E-state index is -0.335. The van der Waals surface area contributed by atoms with E-state index in [0.29, 0.717) is 27.1 Å². The first kappa shape index (κ1) is 20.2. The van der Waals surface area contributed by atoms with Crippen LogP contribution in [0.2, 0.25) is 10.0 Å². The Morgan fingerprint density at radius 3 is 2.57 bits per heavy atom. The lowest BCUT2D eigenvalue weighted by molar-refractivity contribution is 0.280. The van der Waals surface area contributed by atoms with Gasteiger partial charge in [-0.05, 0) is 48.4 Å². The summed E-state index contributed by atoms with van der Waals surface area (Å²) in [5.41, 5.74) is 2.83. The molecule has 0 aliphatic carbocycles. The van der Waals surface area contributed by atoms with Gasteiger partial charge >= 0.3 is 0 Å². The van der Waals surface area contributed by atoms with Crippen LogP contribution in [0.15, 0.2) is 59.6 Å². The third-order valence-electron chi connectivity index (χ3n) is 4.17. The van der Waals surface area contributed by atoms with Gasteiger partial charge in [0.15, 0.2) is 11.5 Å². The van der Waals surface area contributed by atoms with Crippen molar-refractivity contribution in [3.63, 3.8) is 0 Å². The van der Waals surface area contributed by atoms with Crippen molar-refractivity contribution >= 4 is 35.1 Å². The maximum absolute atomic E-state index is 13.8. The number of benzene rings is 3. The Morgan fingerprint density at radius 2 is 1.82 bits per heavy atom. The topological polar surface area (TPSA) is 30.8 Å². The molecule has 0 aliphatic rings. The third-order valence-corrected chi connectivity index (χ3v) is 4.86. The van der Waals surface area contributed by atoms with E-state index in [1.165, 1.54) is 13.2 Å². The van der Waals surface area contributed by atoms with E-state index >= 15 is 0 Å². The molecule has 0 aliphatic heterocycles. The van der Waals surface area contributed by atoms with Gasteiger partial charge in [0.2, 0.25) is 0 Å². The Balaban J connectivity index is 1.84. The van der Waals surface area contributed by atoms with Crippen molar-refractivity contribution in [2.75, 3.05) is 7.11 Å². The largest absolute Gasteiger partial charge is 0.493 e. The average Bonchev–Trinajstić information content (AvgIpc) is 2.69. The molecular weight excluding hydrogens is 400 g/mol. The van der Waals surface area contributed by atoms with Gasteiger partial charge in [0, 0.05) is 16.8 Å². The van der Waals surface area contributed by atoms with E-state index in [4.69, 9.17) is 32.7 Å². The van der Waals surface area contributed by atoms with Crippen LogP contribution in [-0.2, 0) is 6.61 Å². The molecule has 0 spiro atoms. The van der Waals surface area contributed by atoms with Crippen molar-refractivity contribution in [2.24, 2.45) is 4.99 Å². The van der Waals surface area contributed by atoms with Gasteiger partial charge in [-0.3, -0.25) is 4.99 Å². The Bertz CT molecular complexity index is 1020. The molecular formula is C22H18Cl2FNO2. The van der Waals surface area contributed by atoms with Gasteiger partial charge in [0.1, 0.15) is 12.4 Å². The van der Waals surface area contributed by atoms with Crippen molar-refractivity contribution in [1.82, 2.24) is 0 Å². The fourth-order valence-corrected chi connectivity index (χ4v) is 3.04. The first-order valence-electron chi connectivity index (χ1n) is 8.52. The Hall–Kier alpha value is -2.56. The van der Waals surface area contributed by atoms with E-state index in [2.05, 4.69) is 4.99 Å². The quantitative estimate of drug-likeness (QED) is 0.413. The minimum Gasteiger partial charge on any atom is -0.493 e. The molecule has 0 amide bonds. The Labute approximate surface area is 173 Å². The van der Waals surface area contributed by atoms with Gasteiger partial charge in [-0.25, -0.2) is 4.39 Å². The molecule has 3 nitrogen and oxygen atoms in total. The molecule has 0 bridgehead atoms. The first-order valence-corrected chi connectivity index (χ1v) is 9.28. The van der Waals surface area contributed by atoms with Gasteiger partial charge < -0.3 is 9.47 Å². The normalized spacial score (nSPS) is 11.0. The molecule has 0 aromatic heterocycles. The molecule has 3 rings (SSSR count). The Morgan fingerprint density at radius 1 is 1.04 bits per heavy atom. The van der Waals surface area contributed by atoms with Crippen molar-refractivity contribution < 1.29 is 13.9 Å². The monoisotopic (exact) mass is 417 g/mol. The number of rotatable bonds is 6. The highest BCUT2D eigenvalue weighted by atomic mass is 35.5. The van der Waals surface area contributed by atoms with E-state index in [1.807, 2.05) is 25.1 Å². The molecule has 0 saturated heterocycles. The fraction of sp³-hybridized carbons (Fsp3) is 0.136. The molecule has 0 saturated carbocycles. The van der Waals surface area contributed by atoms with Crippen LogP contribution in [-0.4, -0.2) is 13.3 Å². The van der Waals surface area contributed by atoms with Gasteiger partial charge in [-0.1, -0.05) is 47.5 Å². The summed E-state index contributed by atoms with van der Waals surface area (Å²) >= 11 is 12.5. The van der Waals surface area contributed by atoms with Crippen LogP contribution in [0.1, 0.15) is 16.7 Å². The number of aliphatic imine (C=N–C) groups is 1. The number of hydrogen-bond donors (Lipinski definition) is 0. The molecule has 0 unspecified atom stereocenters. The number of ether oxygens (including phenoxy) is 2. The summed E-state index contributed by atoms with van der Waals surface area (Å²) < 4.78 is 24.9. The highest BCUT2D eigenvalue weighted by Gasteiger charge is 2.13. The van der Waals surface area contributed by atoms with Crippen LogP contribution in [0.25, 0.3) is 0 Å². The zero-order valence-electron chi connectivity index (χ0n) is 15.4. The van der Waals surface area contributed by atoms with Crippen molar-refractivity contribution in [3.05, 3.63) is 87.2 Å². The first-order chi connectivity index (χ1) is 13.5. The van der Waals surface area contributed by atoms with Crippen LogP contribution in [0.3, 0.4) is 0 Å². The molecule has 0 fully saturated rings. The van der Waals surface area contributed by atoms with E-state index in [0.717, 1.165) is 16.8 Å². The number of hydrogen-bond acceptors (Lipinski definition) is 3. The van der Waals surface area contributed by atoms with Gasteiger partial charge in [-0.15, -0.1) is 0 Å². The fourth-order valence-electron chi connectivity index (χ4n) is 2.60. The smallest absolute Gasteiger partial charge is 0.180 e. The predicted octanol–water partition coefficient (Wildman–Crippen LogP) is 6.78. The lowest BCUT2D eigenvalue weighted by atomic mass is 10.2. The summed E-state index contributed by atoms with van der Waals surface area (Å²) in [6.07, 6.45) is 1.67. The Kier molecular flexibility index (Phi) is 6.55. The summed E-state index contributed by atoms with van der Waals surface area (Å²) in [6, 6.07) is 15.4. The molecule has 0 radical (unpaired) electrons. The number of halogens is 3. The SMILES string of the molecule is COc1cc(C=Nc2cccc(Cl)c2C)cc(Cl)c1OCc1ccccc1F. The molecule has 144 valence electrons. The molecule has 3 aromatic carbocycles. The molecule has 28 heavy (non-hydrogen) atoms. The highest BCUT2D eigenvalue weighted by molar-refractivity contribution is 6.32. The lowest BCUT2D eigenvalue weighted by Crippen LogP contribution is -2.01. The van der Waals surface area contributed by atoms with Crippen molar-refractivity contribution in [1.29, 1.82) is 0 Å². The number of methoxy groups -OCH3 is 1. The summed E-state index contributed by atoms with van der Waals surface area (Å²) in [6.45, 7) is 1.94. The van der Waals surface area contributed by atoms with Gasteiger partial charge in [0.25, 0.3) is 0 Å². The number of nitrogens with zero attached hydrogens (tertiary/aromatic N) is 1. The molecule has 0 atom stereocenters. The van der Waals surface area contributed by atoms with Crippen molar-refractivity contribution in [3.8, 4) is 11.5 Å². The summed E-state index contributed by atoms with van der Waals surface area (Å²) in [5.74, 6) is 0.454. The maximum atomic E-state index is 13.8. The molecule has 0 heterocycles. The average molecular weight is 418 g/mol. The highest BCUT2D eigenvalue weighted by Crippen LogP contribution is 2.37. The molecule has 6 heteroatoms. The molecule has 0 N–H and O–H groups in total. The van der Waals surface area contributed by atoms with Crippen LogP contribution < -0.4 is 9.47 Å². The van der Waals surface area contributed by atoms with Crippen LogP contribution in [0, 0.1) is 12.7 Å². The van der Waals surface area contributed by atoms with Crippen LogP contribution in [0.5, 0.6) is 11.5 Å². The minimum absolute atomic E-state index is 0.0396. The van der Waals surface area contributed by atoms with E-state index in [9.17, 15) is 4.39 Å². The molecule has 3 aromatic rings. The zero-order valence-corrected chi connectivity index (χ0v) is 16.9. The van der Waals surface area contributed by atoms with Crippen molar-refractivity contribution in [2.45, 2.75) is 13.5 Å². The standard InChI is InChI=1S/C22H18Cl2FNO2/c1-14-17(23)7-5-9-20(14)26-12-15-10-18(24)22(21(11-15)27-2)28-13-16-6-3-4-8-19(16)25/h3-12H,13H2,1-2H3. The van der Waals surface area contributed by atoms with E-state index < -0.39 is 0 Å². The second-order valence-electron chi connectivity index (χ2n) is 6.06. The summed E-state index contributed by atoms with van der Waals surface area (Å²) in [5, 5.41) is 1.00. The maximum Gasteiger partial charge on any atom is 0.180 e. The van der Waals surface area contributed by atoms with E-state index in [1.54, 1.807) is 36.5 Å². The van der Waals surface area contributed by atoms with Crippen LogP contribution >= 0.6 is 23.2 Å². The summed E-state index contributed by atoms with van der Waals surface area (Å²) in [7, 11) is 1.52. The summed E-state index contributed by atoms with van der Waals surface area (Å²) in [4.78, 5) is 4.47. The second kappa shape index (κ2) is 9.09. The van der Waals surface area contributed by atoms with Gasteiger partial charge in [-0.2, -0.15) is 0 Å². The zero-order chi connectivity index (χ0) is 20.1. The third kappa shape index (κ3) is 4.64.